The van der Waals surface area contributed by atoms with Crippen LogP contribution in [0.4, 0.5) is 4.39 Å². The highest BCUT2D eigenvalue weighted by Crippen LogP contribution is 2.23. The van der Waals surface area contributed by atoms with Crippen molar-refractivity contribution in [1.29, 1.82) is 0 Å². The van der Waals surface area contributed by atoms with Gasteiger partial charge in [0.15, 0.2) is 0 Å². The molecule has 3 rings (SSSR count). The number of rotatable bonds is 2. The zero-order chi connectivity index (χ0) is 14.1. The zero-order valence-corrected chi connectivity index (χ0v) is 11.2. The van der Waals surface area contributed by atoms with Gasteiger partial charge in [-0.1, -0.05) is 36.9 Å². The van der Waals surface area contributed by atoms with Crippen molar-refractivity contribution in [3.05, 3.63) is 83.8 Å². The van der Waals surface area contributed by atoms with E-state index in [2.05, 4.69) is 11.6 Å². The van der Waals surface area contributed by atoms with E-state index in [1.807, 2.05) is 36.4 Å². The molecule has 0 aliphatic heterocycles. The Balaban J connectivity index is 2.05. The fourth-order valence-corrected chi connectivity index (χ4v) is 2.21. The second kappa shape index (κ2) is 4.89. The van der Waals surface area contributed by atoms with E-state index in [9.17, 15) is 4.39 Å². The maximum atomic E-state index is 13.3. The van der Waals surface area contributed by atoms with Crippen LogP contribution >= 0.6 is 0 Å². The van der Waals surface area contributed by atoms with Crippen molar-refractivity contribution in [2.24, 2.45) is 0 Å². The molecular formula is C18H14FN. The van der Waals surface area contributed by atoms with E-state index in [0.717, 1.165) is 27.7 Å². The largest absolute Gasteiger partial charge is 0.248 e. The highest BCUT2D eigenvalue weighted by molar-refractivity contribution is 5.83. The number of aryl methyl sites for hydroxylation is 1. The molecule has 0 N–H and O–H groups in total. The van der Waals surface area contributed by atoms with Crippen LogP contribution in [0.1, 0.15) is 16.8 Å². The summed E-state index contributed by atoms with van der Waals surface area (Å²) in [7, 11) is 0. The van der Waals surface area contributed by atoms with Gasteiger partial charge in [0.25, 0.3) is 0 Å². The van der Waals surface area contributed by atoms with E-state index in [0.29, 0.717) is 5.56 Å². The molecule has 0 bridgehead atoms. The Bertz CT molecular complexity index is 805. The lowest BCUT2D eigenvalue weighted by atomic mass is 10.0. The minimum Gasteiger partial charge on any atom is -0.248 e. The molecule has 1 aromatic heterocycles. The highest BCUT2D eigenvalue weighted by Gasteiger charge is 2.07. The molecule has 0 aliphatic rings. The summed E-state index contributed by atoms with van der Waals surface area (Å²) in [4.78, 5) is 4.61. The molecule has 2 aromatic carbocycles. The van der Waals surface area contributed by atoms with Crippen molar-refractivity contribution in [2.75, 3.05) is 0 Å². The Labute approximate surface area is 117 Å². The summed E-state index contributed by atoms with van der Waals surface area (Å²) in [5, 5.41) is 1.10. The molecule has 1 heterocycles. The summed E-state index contributed by atoms with van der Waals surface area (Å²) < 4.78 is 13.3. The average molecular weight is 263 g/mol. The van der Waals surface area contributed by atoms with Crippen molar-refractivity contribution >= 4 is 16.5 Å². The van der Waals surface area contributed by atoms with Gasteiger partial charge in [-0.15, -0.1) is 0 Å². The van der Waals surface area contributed by atoms with Crippen LogP contribution in [0.5, 0.6) is 0 Å². The quantitative estimate of drug-likeness (QED) is 0.650. The first-order valence-corrected chi connectivity index (χ1v) is 6.47. The second-order valence-electron chi connectivity index (χ2n) is 4.83. The Morgan fingerprint density at radius 3 is 2.65 bits per heavy atom. The zero-order valence-electron chi connectivity index (χ0n) is 11.2. The second-order valence-corrected chi connectivity index (χ2v) is 4.83. The molecular weight excluding hydrogens is 249 g/mol. The van der Waals surface area contributed by atoms with Crippen LogP contribution < -0.4 is 0 Å². The van der Waals surface area contributed by atoms with Crippen molar-refractivity contribution in [3.8, 4) is 0 Å². The molecule has 1 nitrogen and oxygen atoms in total. The number of halogens is 1. The van der Waals surface area contributed by atoms with Crippen LogP contribution in [0.25, 0.3) is 16.5 Å². The Morgan fingerprint density at radius 2 is 1.85 bits per heavy atom. The Morgan fingerprint density at radius 1 is 1.05 bits per heavy atom. The van der Waals surface area contributed by atoms with Gasteiger partial charge in [-0.05, 0) is 42.3 Å². The van der Waals surface area contributed by atoms with Gasteiger partial charge in [-0.2, -0.15) is 0 Å². The number of nitrogens with zero attached hydrogens (tertiary/aromatic N) is 1. The molecule has 0 saturated carbocycles. The molecule has 0 fully saturated rings. The Hall–Kier alpha value is -2.48. The third kappa shape index (κ3) is 2.21. The van der Waals surface area contributed by atoms with Gasteiger partial charge >= 0.3 is 0 Å². The van der Waals surface area contributed by atoms with Gasteiger partial charge in [-0.3, -0.25) is 0 Å². The maximum Gasteiger partial charge on any atom is 0.126 e. The van der Waals surface area contributed by atoms with Gasteiger partial charge in [-0.25, -0.2) is 9.37 Å². The number of aromatic nitrogens is 1. The molecule has 0 spiro atoms. The first kappa shape index (κ1) is 12.5. The number of hydrogen-bond donors (Lipinski definition) is 0. The monoisotopic (exact) mass is 263 g/mol. The lowest BCUT2D eigenvalue weighted by molar-refractivity contribution is 0.618. The summed E-state index contributed by atoms with van der Waals surface area (Å²) in [5.74, 6) is -0.201. The average Bonchev–Trinajstić information content (AvgIpc) is 2.49. The summed E-state index contributed by atoms with van der Waals surface area (Å²) in [6.45, 7) is 5.84. The Kier molecular flexibility index (Phi) is 3.07. The summed E-state index contributed by atoms with van der Waals surface area (Å²) in [6.07, 6.45) is 0. The molecule has 0 aliphatic carbocycles. The van der Waals surface area contributed by atoms with E-state index >= 15 is 0 Å². The molecule has 0 atom stereocenters. The van der Waals surface area contributed by atoms with Crippen molar-refractivity contribution in [2.45, 2.75) is 6.92 Å². The number of pyridine rings is 1. The normalized spacial score (nSPS) is 10.7. The number of para-hydroxylation sites is 1. The number of benzene rings is 2. The predicted octanol–water partition coefficient (Wildman–Crippen LogP) is 4.74. The minimum atomic E-state index is -0.201. The van der Waals surface area contributed by atoms with Gasteiger partial charge in [0.05, 0.1) is 11.2 Å². The molecule has 2 heteroatoms. The molecule has 0 radical (unpaired) electrons. The van der Waals surface area contributed by atoms with Crippen LogP contribution in [-0.2, 0) is 0 Å². The molecule has 98 valence electrons. The summed E-state index contributed by atoms with van der Waals surface area (Å²) in [6, 6.07) is 16.9. The van der Waals surface area contributed by atoms with Crippen LogP contribution in [0.15, 0.2) is 61.2 Å². The van der Waals surface area contributed by atoms with Gasteiger partial charge in [0, 0.05) is 11.0 Å². The summed E-state index contributed by atoms with van der Waals surface area (Å²) >= 11 is 0. The van der Waals surface area contributed by atoms with Gasteiger partial charge < -0.3 is 0 Å². The molecule has 0 unspecified atom stereocenters. The third-order valence-electron chi connectivity index (χ3n) is 3.41. The first-order valence-electron chi connectivity index (χ1n) is 6.47. The van der Waals surface area contributed by atoms with E-state index in [-0.39, 0.29) is 5.82 Å². The van der Waals surface area contributed by atoms with Gasteiger partial charge in [0.2, 0.25) is 0 Å². The lowest BCUT2D eigenvalue weighted by Crippen LogP contribution is -1.93. The first-order chi connectivity index (χ1) is 9.65. The smallest absolute Gasteiger partial charge is 0.126 e. The SMILES string of the molecule is C=C(c1ccc(F)c(C)c1)c1ccc2ccccc2n1. The van der Waals surface area contributed by atoms with Crippen molar-refractivity contribution in [1.82, 2.24) is 4.98 Å². The highest BCUT2D eigenvalue weighted by atomic mass is 19.1. The summed E-state index contributed by atoms with van der Waals surface area (Å²) in [5.41, 5.74) is 4.06. The molecule has 0 saturated heterocycles. The maximum absolute atomic E-state index is 13.3. The lowest BCUT2D eigenvalue weighted by Gasteiger charge is -2.08. The molecule has 0 amide bonds. The van der Waals surface area contributed by atoms with Crippen molar-refractivity contribution < 1.29 is 4.39 Å². The standard InChI is InChI=1S/C18H14FN/c1-12-11-15(7-9-16(12)19)13(2)17-10-8-14-5-3-4-6-18(14)20-17/h3-11H,2H2,1H3. The topological polar surface area (TPSA) is 12.9 Å². The van der Waals surface area contributed by atoms with E-state index in [1.165, 1.54) is 6.07 Å². The van der Waals surface area contributed by atoms with Gasteiger partial charge in [0.1, 0.15) is 5.82 Å². The molecule has 3 aromatic rings. The minimum absolute atomic E-state index is 0.201. The predicted molar refractivity (Wildman–Crippen MR) is 81.0 cm³/mol. The van der Waals surface area contributed by atoms with Crippen LogP contribution in [0.3, 0.4) is 0 Å². The third-order valence-corrected chi connectivity index (χ3v) is 3.41. The fraction of sp³-hybridized carbons (Fsp3) is 0.0556. The molecule has 20 heavy (non-hydrogen) atoms. The van der Waals surface area contributed by atoms with Crippen LogP contribution in [-0.4, -0.2) is 4.98 Å². The van der Waals surface area contributed by atoms with Crippen molar-refractivity contribution in [3.63, 3.8) is 0 Å². The van der Waals surface area contributed by atoms with E-state index in [4.69, 9.17) is 0 Å². The van der Waals surface area contributed by atoms with E-state index in [1.54, 1.807) is 19.1 Å². The number of hydrogen-bond acceptors (Lipinski definition) is 1. The fourth-order valence-electron chi connectivity index (χ4n) is 2.21. The number of fused-ring (bicyclic) bond motifs is 1. The van der Waals surface area contributed by atoms with Crippen LogP contribution in [0.2, 0.25) is 0 Å². The van der Waals surface area contributed by atoms with Crippen LogP contribution in [0, 0.1) is 12.7 Å². The van der Waals surface area contributed by atoms with E-state index < -0.39 is 0 Å².